The van der Waals surface area contributed by atoms with Gasteiger partial charge in [-0.3, -0.25) is 4.68 Å². The van der Waals surface area contributed by atoms with Gasteiger partial charge < -0.3 is 9.88 Å². The van der Waals surface area contributed by atoms with E-state index < -0.39 is 0 Å². The molecule has 2 heterocycles. The van der Waals surface area contributed by atoms with Crippen molar-refractivity contribution in [3.63, 3.8) is 0 Å². The second kappa shape index (κ2) is 6.14. The van der Waals surface area contributed by atoms with Crippen LogP contribution in [0.15, 0.2) is 42.7 Å². The summed E-state index contributed by atoms with van der Waals surface area (Å²) in [5.41, 5.74) is 3.98. The quantitative estimate of drug-likeness (QED) is 0.754. The zero-order valence-electron chi connectivity index (χ0n) is 12.7. The summed E-state index contributed by atoms with van der Waals surface area (Å²) in [5.74, 6) is 0. The van der Waals surface area contributed by atoms with E-state index >= 15 is 0 Å². The second-order valence-corrected chi connectivity index (χ2v) is 5.34. The molecule has 3 rings (SSSR count). The fraction of sp³-hybridized carbons (Fsp3) is 0.353. The van der Waals surface area contributed by atoms with Crippen LogP contribution in [0.5, 0.6) is 0 Å². The molecule has 1 aromatic carbocycles. The van der Waals surface area contributed by atoms with Crippen LogP contribution in [0.25, 0.3) is 10.9 Å². The minimum absolute atomic E-state index is 0.920. The Balaban J connectivity index is 1.86. The molecule has 4 nitrogen and oxygen atoms in total. The Hall–Kier alpha value is -2.07. The van der Waals surface area contributed by atoms with Gasteiger partial charge in [0.15, 0.2) is 0 Å². The third kappa shape index (κ3) is 2.85. The molecule has 21 heavy (non-hydrogen) atoms. The molecule has 4 heteroatoms. The number of para-hydroxylation sites is 1. The highest BCUT2D eigenvalue weighted by Crippen LogP contribution is 2.21. The van der Waals surface area contributed by atoms with Gasteiger partial charge in [0, 0.05) is 44.6 Å². The standard InChI is InChI=1S/C17H22N4/c1-3-18-13-15-6-4-5-14-8-11-21(17(14)15)12-9-16-7-10-19-20(16)2/h4-8,10-11,18H,3,9,12-13H2,1-2H3. The smallest absolute Gasteiger partial charge is 0.0525 e. The molecule has 1 N–H and O–H groups in total. The predicted molar refractivity (Wildman–Crippen MR) is 86.2 cm³/mol. The highest BCUT2D eigenvalue weighted by molar-refractivity contribution is 5.83. The average Bonchev–Trinajstić information content (AvgIpc) is 3.09. The van der Waals surface area contributed by atoms with E-state index in [-0.39, 0.29) is 0 Å². The lowest BCUT2D eigenvalue weighted by Gasteiger charge is -2.10. The number of fused-ring (bicyclic) bond motifs is 1. The first-order valence-corrected chi connectivity index (χ1v) is 7.54. The number of nitrogens with zero attached hydrogens (tertiary/aromatic N) is 3. The normalized spacial score (nSPS) is 11.3. The lowest BCUT2D eigenvalue weighted by molar-refractivity contribution is 0.646. The van der Waals surface area contributed by atoms with E-state index in [4.69, 9.17) is 0 Å². The Labute approximate surface area is 125 Å². The molecule has 0 spiro atoms. The molecule has 0 amide bonds. The van der Waals surface area contributed by atoms with Crippen LogP contribution >= 0.6 is 0 Å². The lowest BCUT2D eigenvalue weighted by atomic mass is 10.1. The minimum atomic E-state index is 0.920. The Morgan fingerprint density at radius 2 is 2.10 bits per heavy atom. The first kappa shape index (κ1) is 13.9. The summed E-state index contributed by atoms with van der Waals surface area (Å²) < 4.78 is 4.31. The molecule has 2 aromatic heterocycles. The van der Waals surface area contributed by atoms with Crippen LogP contribution in [-0.2, 0) is 26.6 Å². The summed E-state index contributed by atoms with van der Waals surface area (Å²) in [6, 6.07) is 10.8. The van der Waals surface area contributed by atoms with E-state index in [1.165, 1.54) is 22.2 Å². The van der Waals surface area contributed by atoms with Gasteiger partial charge in [0.05, 0.1) is 5.52 Å². The van der Waals surface area contributed by atoms with E-state index in [2.05, 4.69) is 58.4 Å². The van der Waals surface area contributed by atoms with Crippen molar-refractivity contribution in [1.29, 1.82) is 0 Å². The maximum atomic E-state index is 4.23. The number of rotatable bonds is 6. The number of benzene rings is 1. The SMILES string of the molecule is CCNCc1cccc2ccn(CCc3ccnn3C)c12. The highest BCUT2D eigenvalue weighted by Gasteiger charge is 2.07. The first-order valence-electron chi connectivity index (χ1n) is 7.54. The van der Waals surface area contributed by atoms with Crippen molar-refractivity contribution in [3.05, 3.63) is 54.0 Å². The highest BCUT2D eigenvalue weighted by atomic mass is 15.3. The Morgan fingerprint density at radius 1 is 1.19 bits per heavy atom. The summed E-state index contributed by atoms with van der Waals surface area (Å²) in [5, 5.41) is 8.97. The number of aromatic nitrogens is 3. The third-order valence-corrected chi connectivity index (χ3v) is 3.97. The second-order valence-electron chi connectivity index (χ2n) is 5.34. The van der Waals surface area contributed by atoms with Gasteiger partial charge in [0.1, 0.15) is 0 Å². The van der Waals surface area contributed by atoms with E-state index in [0.29, 0.717) is 0 Å². The van der Waals surface area contributed by atoms with Gasteiger partial charge in [-0.15, -0.1) is 0 Å². The zero-order valence-corrected chi connectivity index (χ0v) is 12.7. The van der Waals surface area contributed by atoms with E-state index in [0.717, 1.165) is 26.1 Å². The van der Waals surface area contributed by atoms with Gasteiger partial charge in [-0.05, 0) is 29.6 Å². The van der Waals surface area contributed by atoms with Crippen molar-refractivity contribution in [2.75, 3.05) is 6.54 Å². The molecule has 0 unspecified atom stereocenters. The van der Waals surface area contributed by atoms with Crippen molar-refractivity contribution >= 4 is 10.9 Å². The topological polar surface area (TPSA) is 34.8 Å². The zero-order chi connectivity index (χ0) is 14.7. The largest absolute Gasteiger partial charge is 0.347 e. The van der Waals surface area contributed by atoms with Crippen LogP contribution in [0.2, 0.25) is 0 Å². The molecule has 110 valence electrons. The molecule has 0 saturated carbocycles. The molecule has 0 aliphatic carbocycles. The Bertz CT molecular complexity index is 723. The lowest BCUT2D eigenvalue weighted by Crippen LogP contribution is -2.13. The van der Waals surface area contributed by atoms with Gasteiger partial charge in [-0.25, -0.2) is 0 Å². The molecule has 0 aliphatic rings. The Kier molecular flexibility index (Phi) is 4.06. The summed E-state index contributed by atoms with van der Waals surface area (Å²) in [6.45, 7) is 5.03. The van der Waals surface area contributed by atoms with Gasteiger partial charge in [0.25, 0.3) is 0 Å². The molecule has 0 bridgehead atoms. The van der Waals surface area contributed by atoms with Gasteiger partial charge in [-0.1, -0.05) is 25.1 Å². The van der Waals surface area contributed by atoms with Crippen LogP contribution in [0.1, 0.15) is 18.2 Å². The monoisotopic (exact) mass is 282 g/mol. The van der Waals surface area contributed by atoms with Crippen LogP contribution in [0.3, 0.4) is 0 Å². The summed E-state index contributed by atoms with van der Waals surface area (Å²) in [6.07, 6.45) is 5.05. The average molecular weight is 282 g/mol. The Morgan fingerprint density at radius 3 is 2.86 bits per heavy atom. The van der Waals surface area contributed by atoms with Gasteiger partial charge in [0.2, 0.25) is 0 Å². The minimum Gasteiger partial charge on any atom is -0.347 e. The fourth-order valence-electron chi connectivity index (χ4n) is 2.81. The molecule has 0 fully saturated rings. The van der Waals surface area contributed by atoms with Crippen molar-refractivity contribution in [1.82, 2.24) is 19.7 Å². The van der Waals surface area contributed by atoms with Crippen molar-refractivity contribution < 1.29 is 0 Å². The van der Waals surface area contributed by atoms with Gasteiger partial charge >= 0.3 is 0 Å². The molecule has 0 radical (unpaired) electrons. The maximum absolute atomic E-state index is 4.23. The van der Waals surface area contributed by atoms with E-state index in [1.54, 1.807) is 0 Å². The van der Waals surface area contributed by atoms with Crippen LogP contribution < -0.4 is 5.32 Å². The number of nitrogens with one attached hydrogen (secondary N) is 1. The molecule has 0 aliphatic heterocycles. The van der Waals surface area contributed by atoms with Crippen LogP contribution in [-0.4, -0.2) is 20.9 Å². The van der Waals surface area contributed by atoms with Crippen molar-refractivity contribution in [3.8, 4) is 0 Å². The number of hydrogen-bond acceptors (Lipinski definition) is 2. The summed E-state index contributed by atoms with van der Waals surface area (Å²) in [4.78, 5) is 0. The molecular formula is C17H22N4. The van der Waals surface area contributed by atoms with Crippen LogP contribution in [0, 0.1) is 0 Å². The molecule has 3 aromatic rings. The molecule has 0 saturated heterocycles. The van der Waals surface area contributed by atoms with Gasteiger partial charge in [-0.2, -0.15) is 5.10 Å². The molecule has 0 atom stereocenters. The van der Waals surface area contributed by atoms with Crippen molar-refractivity contribution in [2.24, 2.45) is 7.05 Å². The van der Waals surface area contributed by atoms with Crippen LogP contribution in [0.4, 0.5) is 0 Å². The number of hydrogen-bond donors (Lipinski definition) is 1. The molecular weight excluding hydrogens is 260 g/mol. The number of aryl methyl sites for hydroxylation is 3. The first-order chi connectivity index (χ1) is 10.3. The summed E-state index contributed by atoms with van der Waals surface area (Å²) >= 11 is 0. The maximum Gasteiger partial charge on any atom is 0.0525 e. The van der Waals surface area contributed by atoms with Crippen molar-refractivity contribution in [2.45, 2.75) is 26.4 Å². The van der Waals surface area contributed by atoms with E-state index in [1.807, 2.05) is 17.9 Å². The van der Waals surface area contributed by atoms with E-state index in [9.17, 15) is 0 Å². The predicted octanol–water partition coefficient (Wildman–Crippen LogP) is 2.73. The fourth-order valence-corrected chi connectivity index (χ4v) is 2.81. The summed E-state index contributed by atoms with van der Waals surface area (Å²) in [7, 11) is 2.00. The third-order valence-electron chi connectivity index (χ3n) is 3.97.